The molecule has 138 valence electrons. The van der Waals surface area contributed by atoms with Crippen molar-refractivity contribution in [2.24, 2.45) is 5.84 Å². The van der Waals surface area contributed by atoms with Gasteiger partial charge in [-0.3, -0.25) is 5.84 Å². The minimum atomic E-state index is -2.35. The lowest BCUT2D eigenvalue weighted by Gasteiger charge is -2.32. The number of hydrogen-bond acceptors (Lipinski definition) is 6. The van der Waals surface area contributed by atoms with Crippen LogP contribution < -0.4 is 16.2 Å². The molecule has 0 aromatic heterocycles. The van der Waals surface area contributed by atoms with Gasteiger partial charge in [0, 0.05) is 38.1 Å². The summed E-state index contributed by atoms with van der Waals surface area (Å²) in [6.45, 7) is 11.1. The first-order valence-electron chi connectivity index (χ1n) is 8.36. The zero-order valence-electron chi connectivity index (χ0n) is 15.5. The maximum Gasteiger partial charge on any atom is 0.0631 e. The molecule has 0 spiro atoms. The molecule has 1 aromatic carbocycles. The van der Waals surface area contributed by atoms with Crippen LogP contribution in [-0.2, 0) is 6.42 Å². The van der Waals surface area contributed by atoms with Crippen molar-refractivity contribution in [3.63, 3.8) is 0 Å². The molecule has 0 saturated heterocycles. The standard InChI is InChI=1S/C17H32N4O2S/c1-6-15-11-16(19-18)14(4)17(12-15)20(7-2)9-10-21(8-3)24(5,23)13-22/h11-12,19,22-23H,6-10,18H2,1-5H3. The number of hydrazine groups is 1. The second-order valence-electron chi connectivity index (χ2n) is 5.81. The van der Waals surface area contributed by atoms with Crippen LogP contribution in [0.2, 0.25) is 0 Å². The maximum absolute atomic E-state index is 10.3. The summed E-state index contributed by atoms with van der Waals surface area (Å²) in [4.78, 5) is 2.27. The Hall–Kier alpha value is -1.21. The second kappa shape index (κ2) is 9.32. The van der Waals surface area contributed by atoms with Gasteiger partial charge in [-0.2, -0.15) is 0 Å². The Bertz CT molecular complexity index is 655. The number of benzene rings is 1. The van der Waals surface area contributed by atoms with Crippen LogP contribution in [0.5, 0.6) is 0 Å². The van der Waals surface area contributed by atoms with Gasteiger partial charge >= 0.3 is 0 Å². The van der Waals surface area contributed by atoms with E-state index in [9.17, 15) is 9.66 Å². The SMILES string of the molecule is CCc1cc(NN)c(C)c(N(CC)CCN(CC)S(C)(O)#CO)c1. The highest BCUT2D eigenvalue weighted by atomic mass is 32.2. The van der Waals surface area contributed by atoms with E-state index < -0.39 is 9.90 Å². The lowest BCUT2D eigenvalue weighted by Crippen LogP contribution is -2.34. The van der Waals surface area contributed by atoms with E-state index >= 15 is 0 Å². The summed E-state index contributed by atoms with van der Waals surface area (Å²) >= 11 is 0. The first-order chi connectivity index (χ1) is 11.3. The number of nitrogen functional groups attached to an aromatic ring is 1. The van der Waals surface area contributed by atoms with Crippen LogP contribution >= 0.6 is 9.90 Å². The smallest absolute Gasteiger partial charge is 0.0631 e. The number of nitrogens with one attached hydrogen (secondary N) is 1. The molecule has 5 N–H and O–H groups in total. The summed E-state index contributed by atoms with van der Waals surface area (Å²) in [7, 11) is -2.35. The van der Waals surface area contributed by atoms with Crippen LogP contribution in [0.1, 0.15) is 31.9 Å². The summed E-state index contributed by atoms with van der Waals surface area (Å²) in [6.07, 6.45) is 2.56. The Morgan fingerprint density at radius 3 is 2.33 bits per heavy atom. The van der Waals surface area contributed by atoms with Crippen LogP contribution in [0, 0.1) is 12.3 Å². The molecule has 0 bridgehead atoms. The Morgan fingerprint density at radius 1 is 1.21 bits per heavy atom. The molecule has 0 radical (unpaired) electrons. The van der Waals surface area contributed by atoms with Crippen molar-refractivity contribution < 1.29 is 9.66 Å². The van der Waals surface area contributed by atoms with E-state index in [-0.39, 0.29) is 0 Å². The lowest BCUT2D eigenvalue weighted by molar-refractivity contribution is 0.440. The van der Waals surface area contributed by atoms with Crippen molar-refractivity contribution in [3.8, 4) is 5.37 Å². The second-order valence-corrected chi connectivity index (χ2v) is 8.18. The average molecular weight is 357 g/mol. The third-order valence-electron chi connectivity index (χ3n) is 4.37. The number of nitrogens with zero attached hydrogens (tertiary/aromatic N) is 2. The van der Waals surface area contributed by atoms with Gasteiger partial charge in [-0.05, 0) is 53.4 Å². The predicted molar refractivity (Wildman–Crippen MR) is 105 cm³/mol. The molecule has 1 aromatic rings. The molecule has 0 aliphatic rings. The van der Waals surface area contributed by atoms with Crippen molar-refractivity contribution in [1.29, 1.82) is 0 Å². The fourth-order valence-corrected chi connectivity index (χ4v) is 3.82. The van der Waals surface area contributed by atoms with Gasteiger partial charge in [-0.15, -0.1) is 0 Å². The molecule has 0 aliphatic carbocycles. The molecule has 0 fully saturated rings. The van der Waals surface area contributed by atoms with Gasteiger partial charge in [0.1, 0.15) is 0 Å². The van der Waals surface area contributed by atoms with E-state index in [0.29, 0.717) is 13.1 Å². The first-order valence-corrected chi connectivity index (χ1v) is 10.3. The molecule has 1 rings (SSSR count). The van der Waals surface area contributed by atoms with E-state index in [2.05, 4.69) is 43.2 Å². The fraction of sp³-hybridized carbons (Fsp3) is 0.588. The van der Waals surface area contributed by atoms with E-state index in [1.54, 1.807) is 6.26 Å². The van der Waals surface area contributed by atoms with Crippen LogP contribution in [-0.4, -0.2) is 46.4 Å². The molecular weight excluding hydrogens is 324 g/mol. The van der Waals surface area contributed by atoms with Gasteiger partial charge in [0.2, 0.25) is 0 Å². The molecule has 0 heterocycles. The molecule has 0 amide bonds. The van der Waals surface area contributed by atoms with Gasteiger partial charge in [0.15, 0.2) is 0 Å². The number of rotatable bonds is 8. The topological polar surface area (TPSA) is 85.0 Å². The van der Waals surface area contributed by atoms with Gasteiger partial charge in [0.05, 0.1) is 11.1 Å². The number of nitrogens with two attached hydrogens (primary N) is 1. The molecule has 1 atom stereocenters. The summed E-state index contributed by atoms with van der Waals surface area (Å²) in [6, 6.07) is 4.28. The zero-order chi connectivity index (χ0) is 18.3. The summed E-state index contributed by atoms with van der Waals surface area (Å²) in [5, 5.41) is 11.2. The minimum Gasteiger partial charge on any atom is -0.370 e. The number of hydrogen-bond donors (Lipinski definition) is 4. The molecule has 1 unspecified atom stereocenters. The Balaban J connectivity index is 3.07. The monoisotopic (exact) mass is 356 g/mol. The van der Waals surface area contributed by atoms with Crippen LogP contribution in [0.25, 0.3) is 0 Å². The Kier molecular flexibility index (Phi) is 8.09. The molecule has 0 aliphatic heterocycles. The van der Waals surface area contributed by atoms with Crippen molar-refractivity contribution in [2.45, 2.75) is 34.1 Å². The molecule has 0 saturated carbocycles. The van der Waals surface area contributed by atoms with Crippen molar-refractivity contribution in [1.82, 2.24) is 4.31 Å². The number of aliphatic hydroxyl groups excluding tert-OH is 1. The number of anilines is 2. The summed E-state index contributed by atoms with van der Waals surface area (Å²) in [5.74, 6) is 5.66. The molecule has 24 heavy (non-hydrogen) atoms. The number of aliphatic hydroxyl groups is 1. The number of aryl methyl sites for hydroxylation is 1. The Morgan fingerprint density at radius 2 is 1.88 bits per heavy atom. The lowest BCUT2D eigenvalue weighted by atomic mass is 10.0. The number of likely N-dealkylation sites (N-methyl/N-ethyl adjacent to an activating group) is 2. The molecule has 6 nitrogen and oxygen atoms in total. The highest BCUT2D eigenvalue weighted by molar-refractivity contribution is 8.16. The molecular formula is C17H32N4O2S. The van der Waals surface area contributed by atoms with Crippen LogP contribution in [0.15, 0.2) is 12.1 Å². The average Bonchev–Trinajstić information content (AvgIpc) is 2.59. The van der Waals surface area contributed by atoms with E-state index in [1.807, 2.05) is 16.6 Å². The third kappa shape index (κ3) is 4.89. The largest absolute Gasteiger partial charge is 0.370 e. The van der Waals surface area contributed by atoms with Gasteiger partial charge in [-0.25, -0.2) is 4.31 Å². The van der Waals surface area contributed by atoms with Crippen LogP contribution in [0.4, 0.5) is 11.4 Å². The van der Waals surface area contributed by atoms with E-state index in [0.717, 1.165) is 36.4 Å². The third-order valence-corrected chi connectivity index (χ3v) is 6.17. The summed E-state index contributed by atoms with van der Waals surface area (Å²) < 4.78 is 12.1. The quantitative estimate of drug-likeness (QED) is 0.423. The minimum absolute atomic E-state index is 0.640. The van der Waals surface area contributed by atoms with Gasteiger partial charge in [-0.1, -0.05) is 13.8 Å². The van der Waals surface area contributed by atoms with Crippen molar-refractivity contribution in [3.05, 3.63) is 23.3 Å². The molecule has 7 heteroatoms. The van der Waals surface area contributed by atoms with Crippen molar-refractivity contribution >= 4 is 21.3 Å². The fourth-order valence-electron chi connectivity index (χ4n) is 2.77. The highest BCUT2D eigenvalue weighted by Crippen LogP contribution is 2.31. The Labute approximate surface area is 147 Å². The normalized spacial score (nSPS) is 13.5. The highest BCUT2D eigenvalue weighted by Gasteiger charge is 2.16. The summed E-state index contributed by atoms with van der Waals surface area (Å²) in [5.41, 5.74) is 7.20. The maximum atomic E-state index is 10.3. The predicted octanol–water partition coefficient (Wildman–Crippen LogP) is 3.10. The van der Waals surface area contributed by atoms with E-state index in [1.165, 1.54) is 5.56 Å². The van der Waals surface area contributed by atoms with Gasteiger partial charge < -0.3 is 20.0 Å². The van der Waals surface area contributed by atoms with Crippen molar-refractivity contribution in [2.75, 3.05) is 42.8 Å². The zero-order valence-corrected chi connectivity index (χ0v) is 16.3. The van der Waals surface area contributed by atoms with Gasteiger partial charge in [0.25, 0.3) is 0 Å². The first kappa shape index (κ1) is 20.8. The van der Waals surface area contributed by atoms with E-state index in [4.69, 9.17) is 5.84 Å². The van der Waals surface area contributed by atoms with Crippen LogP contribution in [0.3, 0.4) is 0 Å².